The quantitative estimate of drug-likeness (QED) is 0.491. The van der Waals surface area contributed by atoms with Gasteiger partial charge in [-0.25, -0.2) is 0 Å². The molecular weight excluding hydrogens is 184 g/mol. The van der Waals surface area contributed by atoms with Gasteiger partial charge in [-0.3, -0.25) is 9.59 Å². The molecule has 0 saturated carbocycles. The number of esters is 2. The first-order chi connectivity index (χ1) is 6.63. The first-order valence-corrected chi connectivity index (χ1v) is 4.55. The SMILES string of the molecule is COC(=O)[C@H]1CC=C[C@@H](OC(C)=O)C1. The summed E-state index contributed by atoms with van der Waals surface area (Å²) in [5, 5.41) is 0. The first kappa shape index (κ1) is 10.8. The van der Waals surface area contributed by atoms with Gasteiger partial charge in [0.15, 0.2) is 0 Å². The van der Waals surface area contributed by atoms with Gasteiger partial charge >= 0.3 is 11.9 Å². The van der Waals surface area contributed by atoms with Crippen molar-refractivity contribution in [2.75, 3.05) is 7.11 Å². The van der Waals surface area contributed by atoms with Gasteiger partial charge in [-0.2, -0.15) is 0 Å². The molecule has 2 atom stereocenters. The molecule has 0 unspecified atom stereocenters. The van der Waals surface area contributed by atoms with Crippen molar-refractivity contribution in [2.24, 2.45) is 5.92 Å². The summed E-state index contributed by atoms with van der Waals surface area (Å²) in [4.78, 5) is 21.9. The molecule has 0 spiro atoms. The fourth-order valence-electron chi connectivity index (χ4n) is 1.51. The highest BCUT2D eigenvalue weighted by molar-refractivity contribution is 5.73. The highest BCUT2D eigenvalue weighted by Crippen LogP contribution is 2.21. The summed E-state index contributed by atoms with van der Waals surface area (Å²) in [6, 6.07) is 0. The van der Waals surface area contributed by atoms with E-state index in [1.54, 1.807) is 6.08 Å². The van der Waals surface area contributed by atoms with Crippen LogP contribution in [0.4, 0.5) is 0 Å². The summed E-state index contributed by atoms with van der Waals surface area (Å²) in [5.74, 6) is -0.758. The Morgan fingerprint density at radius 3 is 2.71 bits per heavy atom. The lowest BCUT2D eigenvalue weighted by Crippen LogP contribution is -2.26. The van der Waals surface area contributed by atoms with E-state index in [9.17, 15) is 9.59 Å². The van der Waals surface area contributed by atoms with Crippen molar-refractivity contribution in [1.82, 2.24) is 0 Å². The van der Waals surface area contributed by atoms with Crippen molar-refractivity contribution in [3.05, 3.63) is 12.2 Å². The van der Waals surface area contributed by atoms with Gasteiger partial charge in [-0.15, -0.1) is 0 Å². The molecule has 0 aromatic carbocycles. The lowest BCUT2D eigenvalue weighted by Gasteiger charge is -2.22. The van der Waals surface area contributed by atoms with Crippen LogP contribution < -0.4 is 0 Å². The van der Waals surface area contributed by atoms with Crippen molar-refractivity contribution in [3.8, 4) is 0 Å². The van der Waals surface area contributed by atoms with E-state index in [-0.39, 0.29) is 24.0 Å². The van der Waals surface area contributed by atoms with Gasteiger partial charge in [0.1, 0.15) is 6.10 Å². The highest BCUT2D eigenvalue weighted by Gasteiger charge is 2.26. The standard InChI is InChI=1S/C10H14O4/c1-7(11)14-9-5-3-4-8(6-9)10(12)13-2/h3,5,8-9H,4,6H2,1-2H3/t8-,9+/m0/s1. The molecule has 0 N–H and O–H groups in total. The summed E-state index contributed by atoms with van der Waals surface area (Å²) in [6.45, 7) is 1.36. The van der Waals surface area contributed by atoms with Crippen LogP contribution in [0, 0.1) is 5.92 Å². The lowest BCUT2D eigenvalue weighted by atomic mass is 9.92. The van der Waals surface area contributed by atoms with E-state index >= 15 is 0 Å². The normalized spacial score (nSPS) is 25.6. The summed E-state index contributed by atoms with van der Waals surface area (Å²) in [6.07, 6.45) is 4.54. The Kier molecular flexibility index (Phi) is 3.68. The average Bonchev–Trinajstić information content (AvgIpc) is 2.16. The minimum atomic E-state index is -0.329. The van der Waals surface area contributed by atoms with E-state index in [4.69, 9.17) is 4.74 Å². The second-order valence-electron chi connectivity index (χ2n) is 3.27. The monoisotopic (exact) mass is 198 g/mol. The maximum absolute atomic E-state index is 11.2. The Hall–Kier alpha value is -1.32. The molecule has 0 bridgehead atoms. The second kappa shape index (κ2) is 4.79. The Bertz CT molecular complexity index is 257. The molecule has 0 aromatic heterocycles. The number of rotatable bonds is 2. The minimum Gasteiger partial charge on any atom is -0.469 e. The van der Waals surface area contributed by atoms with Crippen molar-refractivity contribution < 1.29 is 19.1 Å². The molecule has 0 amide bonds. The second-order valence-corrected chi connectivity index (χ2v) is 3.27. The minimum absolute atomic E-state index is 0.186. The predicted octanol–water partition coefficient (Wildman–Crippen LogP) is 1.06. The van der Waals surface area contributed by atoms with Crippen LogP contribution in [-0.4, -0.2) is 25.2 Å². The number of carbonyl (C=O) groups is 2. The van der Waals surface area contributed by atoms with Crippen LogP contribution in [0.2, 0.25) is 0 Å². The van der Waals surface area contributed by atoms with Gasteiger partial charge in [-0.1, -0.05) is 6.08 Å². The van der Waals surface area contributed by atoms with Gasteiger partial charge in [-0.05, 0) is 12.5 Å². The molecule has 0 heterocycles. The third kappa shape index (κ3) is 2.87. The number of carbonyl (C=O) groups excluding carboxylic acids is 2. The molecule has 1 aliphatic carbocycles. The van der Waals surface area contributed by atoms with Crippen LogP contribution in [0.1, 0.15) is 19.8 Å². The van der Waals surface area contributed by atoms with Crippen molar-refractivity contribution in [1.29, 1.82) is 0 Å². The van der Waals surface area contributed by atoms with Crippen LogP contribution in [0.5, 0.6) is 0 Å². The molecule has 4 heteroatoms. The van der Waals surface area contributed by atoms with Gasteiger partial charge in [0.2, 0.25) is 0 Å². The number of allylic oxidation sites excluding steroid dienone is 1. The smallest absolute Gasteiger partial charge is 0.309 e. The lowest BCUT2D eigenvalue weighted by molar-refractivity contribution is -0.151. The Labute approximate surface area is 82.9 Å². The van der Waals surface area contributed by atoms with E-state index in [2.05, 4.69) is 4.74 Å². The fraction of sp³-hybridized carbons (Fsp3) is 0.600. The van der Waals surface area contributed by atoms with Crippen molar-refractivity contribution in [3.63, 3.8) is 0 Å². The van der Waals surface area contributed by atoms with Crippen LogP contribution in [0.3, 0.4) is 0 Å². The van der Waals surface area contributed by atoms with Crippen molar-refractivity contribution in [2.45, 2.75) is 25.9 Å². The van der Waals surface area contributed by atoms with E-state index in [1.807, 2.05) is 6.08 Å². The zero-order valence-electron chi connectivity index (χ0n) is 8.36. The third-order valence-electron chi connectivity index (χ3n) is 2.14. The number of methoxy groups -OCH3 is 1. The van der Waals surface area contributed by atoms with Gasteiger partial charge < -0.3 is 9.47 Å². The summed E-state index contributed by atoms with van der Waals surface area (Å²) < 4.78 is 9.61. The van der Waals surface area contributed by atoms with E-state index in [0.717, 1.165) is 0 Å². The number of ether oxygens (including phenoxy) is 2. The molecular formula is C10H14O4. The maximum atomic E-state index is 11.2. The van der Waals surface area contributed by atoms with Crippen LogP contribution in [0.25, 0.3) is 0 Å². The Balaban J connectivity index is 2.51. The third-order valence-corrected chi connectivity index (χ3v) is 2.14. The van der Waals surface area contributed by atoms with E-state index < -0.39 is 0 Å². The average molecular weight is 198 g/mol. The predicted molar refractivity (Wildman–Crippen MR) is 49.4 cm³/mol. The molecule has 0 fully saturated rings. The molecule has 0 aromatic rings. The largest absolute Gasteiger partial charge is 0.469 e. The molecule has 1 aliphatic rings. The van der Waals surface area contributed by atoms with E-state index in [0.29, 0.717) is 12.8 Å². The van der Waals surface area contributed by atoms with Gasteiger partial charge in [0, 0.05) is 13.3 Å². The molecule has 0 aliphatic heterocycles. The molecule has 0 saturated heterocycles. The number of hydrogen-bond donors (Lipinski definition) is 0. The first-order valence-electron chi connectivity index (χ1n) is 4.55. The topological polar surface area (TPSA) is 52.6 Å². The van der Waals surface area contributed by atoms with Crippen molar-refractivity contribution >= 4 is 11.9 Å². The van der Waals surface area contributed by atoms with E-state index in [1.165, 1.54) is 14.0 Å². The summed E-state index contributed by atoms with van der Waals surface area (Å²) in [5.41, 5.74) is 0. The Morgan fingerprint density at radius 1 is 1.43 bits per heavy atom. The molecule has 0 radical (unpaired) electrons. The van der Waals surface area contributed by atoms with Crippen LogP contribution in [0.15, 0.2) is 12.2 Å². The highest BCUT2D eigenvalue weighted by atomic mass is 16.5. The molecule has 78 valence electrons. The van der Waals surface area contributed by atoms with Gasteiger partial charge in [0.05, 0.1) is 13.0 Å². The summed E-state index contributed by atoms with van der Waals surface area (Å²) >= 11 is 0. The maximum Gasteiger partial charge on any atom is 0.309 e. The zero-order chi connectivity index (χ0) is 10.6. The molecule has 1 rings (SSSR count). The zero-order valence-corrected chi connectivity index (χ0v) is 8.36. The Morgan fingerprint density at radius 2 is 2.14 bits per heavy atom. The molecule has 4 nitrogen and oxygen atoms in total. The summed E-state index contributed by atoms with van der Waals surface area (Å²) in [7, 11) is 1.36. The van der Waals surface area contributed by atoms with Crippen LogP contribution >= 0.6 is 0 Å². The van der Waals surface area contributed by atoms with Crippen LogP contribution in [-0.2, 0) is 19.1 Å². The van der Waals surface area contributed by atoms with Gasteiger partial charge in [0.25, 0.3) is 0 Å². The molecule has 14 heavy (non-hydrogen) atoms. The number of hydrogen-bond acceptors (Lipinski definition) is 4. The fourth-order valence-corrected chi connectivity index (χ4v) is 1.51.